The monoisotopic (exact) mass is 952 g/mol. The summed E-state index contributed by atoms with van der Waals surface area (Å²) in [6.45, 7) is 0. The Balaban J connectivity index is 9.41. The van der Waals surface area contributed by atoms with Gasteiger partial charge in [0.1, 0.15) is 11.1 Å². The van der Waals surface area contributed by atoms with Gasteiger partial charge in [-0.3, -0.25) is 0 Å². The van der Waals surface area contributed by atoms with Gasteiger partial charge in [0.25, 0.3) is 0 Å². The van der Waals surface area contributed by atoms with Crippen molar-refractivity contribution in [3.05, 3.63) is 11.1 Å². The highest BCUT2D eigenvalue weighted by molar-refractivity contribution is 6.02. The van der Waals surface area contributed by atoms with Crippen molar-refractivity contribution in [2.75, 3.05) is 0 Å². The van der Waals surface area contributed by atoms with Crippen LogP contribution >= 0.6 is 0 Å². The first-order chi connectivity index (χ1) is 24.4. The van der Waals surface area contributed by atoms with E-state index in [9.17, 15) is 150 Å². The van der Waals surface area contributed by atoms with Crippen LogP contribution in [0.15, 0.2) is 11.1 Å². The molecule has 0 bridgehead atoms. The zero-order valence-electron chi connectivity index (χ0n) is 24.6. The molecule has 0 rings (SSSR count). The van der Waals surface area contributed by atoms with Crippen LogP contribution in [0.3, 0.4) is 0 Å². The molecule has 0 amide bonds. The normalized spacial score (nSPS) is 18.7. The fourth-order valence-corrected chi connectivity index (χ4v) is 3.78. The second-order valence-corrected chi connectivity index (χ2v) is 10.4. The molecular formula is C20H2F34O4. The van der Waals surface area contributed by atoms with E-state index >= 15 is 8.78 Å². The third kappa shape index (κ3) is 6.43. The number of carbonyl (C=O) groups is 2. The molecule has 0 aliphatic carbocycles. The topological polar surface area (TPSA) is 74.6 Å². The molecule has 0 radical (unpaired) electrons. The van der Waals surface area contributed by atoms with E-state index in [1.807, 2.05) is 0 Å². The highest BCUT2D eigenvalue weighted by Gasteiger charge is 2.98. The van der Waals surface area contributed by atoms with Crippen molar-refractivity contribution in [2.24, 2.45) is 0 Å². The molecule has 0 heterocycles. The summed E-state index contributed by atoms with van der Waals surface area (Å²) in [7, 11) is 0. The molecule has 2 N–H and O–H groups in total. The molecule has 344 valence electrons. The number of hydrogen-bond donors (Lipinski definition) is 2. The second-order valence-electron chi connectivity index (χ2n) is 10.4. The molecule has 0 spiro atoms. The number of rotatable bonds is 14. The molecular weight excluding hydrogens is 950 g/mol. The first kappa shape index (κ1) is 54.3. The van der Waals surface area contributed by atoms with Crippen molar-refractivity contribution in [3.8, 4) is 0 Å². The minimum absolute atomic E-state index is 5.74. The van der Waals surface area contributed by atoms with Crippen LogP contribution < -0.4 is 0 Å². The van der Waals surface area contributed by atoms with E-state index in [0.29, 0.717) is 0 Å². The molecule has 0 saturated heterocycles. The van der Waals surface area contributed by atoms with Gasteiger partial charge in [-0.15, -0.1) is 0 Å². The van der Waals surface area contributed by atoms with Gasteiger partial charge < -0.3 is 10.2 Å². The zero-order valence-corrected chi connectivity index (χ0v) is 24.6. The average Bonchev–Trinajstić information content (AvgIpc) is 2.95. The van der Waals surface area contributed by atoms with Gasteiger partial charge in [0, 0.05) is 0 Å². The molecule has 2 atom stereocenters. The highest BCUT2D eigenvalue weighted by atomic mass is 19.5. The molecule has 4 nitrogen and oxygen atoms in total. The van der Waals surface area contributed by atoms with Crippen LogP contribution in [0.1, 0.15) is 0 Å². The Hall–Kier alpha value is -3.70. The van der Waals surface area contributed by atoms with Crippen LogP contribution in [-0.4, -0.2) is 117 Å². The molecule has 0 fully saturated rings. The quantitative estimate of drug-likeness (QED) is 0.134. The summed E-state index contributed by atoms with van der Waals surface area (Å²) in [6, 6.07) is 0. The van der Waals surface area contributed by atoms with Crippen molar-refractivity contribution >= 4 is 11.9 Å². The lowest BCUT2D eigenvalue weighted by atomic mass is 9.73. The molecule has 0 aliphatic rings. The van der Waals surface area contributed by atoms with Crippen molar-refractivity contribution in [2.45, 2.75) is 95.3 Å². The Labute approximate surface area is 289 Å². The lowest BCUT2D eigenvalue weighted by Gasteiger charge is -2.46. The van der Waals surface area contributed by atoms with Crippen LogP contribution in [0.5, 0.6) is 0 Å². The van der Waals surface area contributed by atoms with Crippen LogP contribution in [0.25, 0.3) is 0 Å². The summed E-state index contributed by atoms with van der Waals surface area (Å²) in [6.07, 6.45) is -36.1. The van der Waals surface area contributed by atoms with E-state index in [4.69, 9.17) is 10.2 Å². The number of hydrogen-bond acceptors (Lipinski definition) is 2. The van der Waals surface area contributed by atoms with E-state index in [1.54, 1.807) is 0 Å². The summed E-state index contributed by atoms with van der Waals surface area (Å²) in [5.74, 6) is -110. The smallest absolute Gasteiger partial charge is 0.460 e. The average molecular weight is 952 g/mol. The first-order valence-electron chi connectivity index (χ1n) is 12.0. The lowest BCUT2D eigenvalue weighted by Crippen LogP contribution is -2.77. The summed E-state index contributed by atoms with van der Waals surface area (Å²) in [4.78, 5) is 22.6. The Morgan fingerprint density at radius 2 is 0.362 bits per heavy atom. The molecule has 58 heavy (non-hydrogen) atoms. The van der Waals surface area contributed by atoms with Gasteiger partial charge in [-0.25, -0.2) is 18.4 Å². The molecule has 0 saturated carbocycles. The maximum atomic E-state index is 15.4. The Bertz CT molecular complexity index is 1500. The molecule has 0 aliphatic heterocycles. The van der Waals surface area contributed by atoms with E-state index < -0.39 is 118 Å². The Morgan fingerprint density at radius 3 is 0.483 bits per heavy atom. The van der Waals surface area contributed by atoms with Gasteiger partial charge in [-0.2, -0.15) is 140 Å². The SMILES string of the molecule is O=C(O)C(=C(C(=O)O)C(F)(C(F)(F)F)C(F)(F)C(F)(F)C(F)(F)C(F)(F)C(F)(F)C(F)(F)F)C(F)(C(F)(F)F)C(F)(F)C(F)(F)C(F)(F)C(F)(F)C(F)(F)C(F)(F)F. The minimum atomic E-state index is -10.3. The van der Waals surface area contributed by atoms with Gasteiger partial charge >= 0.3 is 107 Å². The van der Waals surface area contributed by atoms with Crippen LogP contribution in [0, 0.1) is 0 Å². The fraction of sp³-hybridized carbons (Fsp3) is 0.800. The van der Waals surface area contributed by atoms with Crippen LogP contribution in [0.2, 0.25) is 0 Å². The largest absolute Gasteiger partial charge is 0.478 e. The van der Waals surface area contributed by atoms with Crippen molar-refractivity contribution < 1.29 is 169 Å². The maximum Gasteiger partial charge on any atom is 0.460 e. The van der Waals surface area contributed by atoms with E-state index in [0.717, 1.165) is 0 Å². The first-order valence-corrected chi connectivity index (χ1v) is 12.0. The number of halogens is 34. The summed E-state index contributed by atoms with van der Waals surface area (Å²) >= 11 is 0. The lowest BCUT2D eigenvalue weighted by molar-refractivity contribution is -0.455. The van der Waals surface area contributed by atoms with Gasteiger partial charge in [-0.1, -0.05) is 0 Å². The van der Waals surface area contributed by atoms with Gasteiger partial charge in [0.2, 0.25) is 0 Å². The van der Waals surface area contributed by atoms with Gasteiger partial charge in [0.05, 0.1) is 0 Å². The summed E-state index contributed by atoms with van der Waals surface area (Å²) in [5, 5.41) is 17.2. The standard InChI is InChI=1S/C20H2F34O4/c21-5(17(43,44)45,7(23,24)9(27,28)11(31,32)13(35,36)15(39,40)19(49,50)51)1(3(55)56)2(4(57)58)6(22,18(46,47)48)8(25,26)10(29,30)12(33,34)14(37,38)16(41,42)20(52,53)54/h(H,55,56)(H,57,58). The van der Waals surface area contributed by atoms with Gasteiger partial charge in [-0.05, 0) is 0 Å². The highest BCUT2D eigenvalue weighted by Crippen LogP contribution is 2.69. The Kier molecular flexibility index (Phi) is 12.5. The molecule has 0 aromatic carbocycles. The molecule has 0 aromatic heterocycles. The van der Waals surface area contributed by atoms with E-state index in [-0.39, 0.29) is 0 Å². The number of carboxylic acid groups (broad SMARTS) is 2. The third-order valence-electron chi connectivity index (χ3n) is 6.88. The van der Waals surface area contributed by atoms with Crippen molar-refractivity contribution in [1.82, 2.24) is 0 Å². The molecule has 0 aromatic rings. The number of aliphatic carboxylic acids is 2. The maximum absolute atomic E-state index is 15.4. The van der Waals surface area contributed by atoms with Crippen LogP contribution in [-0.2, 0) is 9.59 Å². The van der Waals surface area contributed by atoms with E-state index in [1.165, 1.54) is 0 Å². The van der Waals surface area contributed by atoms with Crippen LogP contribution in [0.4, 0.5) is 149 Å². The second kappa shape index (κ2) is 13.4. The van der Waals surface area contributed by atoms with Crippen molar-refractivity contribution in [3.63, 3.8) is 0 Å². The molecule has 38 heteroatoms. The summed E-state index contributed by atoms with van der Waals surface area (Å²) < 4.78 is 464. The van der Waals surface area contributed by atoms with Gasteiger partial charge in [0.15, 0.2) is 0 Å². The Morgan fingerprint density at radius 1 is 0.224 bits per heavy atom. The predicted octanol–water partition coefficient (Wildman–Crippen LogP) is 10.5. The number of carboxylic acids is 2. The van der Waals surface area contributed by atoms with Crippen molar-refractivity contribution in [1.29, 1.82) is 0 Å². The zero-order chi connectivity index (χ0) is 48.3. The number of alkyl halides is 34. The minimum Gasteiger partial charge on any atom is -0.478 e. The summed E-state index contributed by atoms with van der Waals surface area (Å²) in [5.41, 5.74) is -33.3. The van der Waals surface area contributed by atoms with E-state index in [2.05, 4.69) is 0 Å². The predicted molar refractivity (Wildman–Crippen MR) is 104 cm³/mol. The molecule has 2 unspecified atom stereocenters. The third-order valence-corrected chi connectivity index (χ3v) is 6.88. The fourth-order valence-electron chi connectivity index (χ4n) is 3.78.